The lowest BCUT2D eigenvalue weighted by Crippen LogP contribution is -2.48. The van der Waals surface area contributed by atoms with Gasteiger partial charge in [0.05, 0.1) is 20.3 Å². The normalized spacial score (nSPS) is 14.8. The van der Waals surface area contributed by atoms with E-state index in [-0.39, 0.29) is 17.9 Å². The molecule has 2 aromatic rings. The Morgan fingerprint density at radius 2 is 1.85 bits per heavy atom. The van der Waals surface area contributed by atoms with Crippen LogP contribution in [0.25, 0.3) is 0 Å². The van der Waals surface area contributed by atoms with Gasteiger partial charge < -0.3 is 24.6 Å². The highest BCUT2D eigenvalue weighted by Crippen LogP contribution is 2.23. The van der Waals surface area contributed by atoms with Crippen molar-refractivity contribution in [3.8, 4) is 11.5 Å². The fourth-order valence-corrected chi connectivity index (χ4v) is 3.85. The van der Waals surface area contributed by atoms with Gasteiger partial charge in [0.2, 0.25) is 0 Å². The number of likely N-dealkylation sites (tertiary alicyclic amines) is 1. The maximum absolute atomic E-state index is 13.7. The Morgan fingerprint density at radius 3 is 2.48 bits per heavy atom. The second-order valence-electron chi connectivity index (χ2n) is 9.19. The van der Waals surface area contributed by atoms with Gasteiger partial charge in [-0.25, -0.2) is 9.18 Å². The van der Waals surface area contributed by atoms with Gasteiger partial charge in [-0.2, -0.15) is 0 Å². The number of carbonyl (C=O) groups excluding carboxylic acids is 1. The summed E-state index contributed by atoms with van der Waals surface area (Å²) in [4.78, 5) is 17.3. The first-order valence-electron chi connectivity index (χ1n) is 11.6. The van der Waals surface area contributed by atoms with Crippen LogP contribution in [0.1, 0.15) is 37.8 Å². The molecule has 1 N–H and O–H groups in total. The molecule has 0 radical (unpaired) electrons. The van der Waals surface area contributed by atoms with Crippen LogP contribution >= 0.6 is 0 Å². The summed E-state index contributed by atoms with van der Waals surface area (Å²) in [6.07, 6.45) is 1.86. The minimum absolute atomic E-state index is 0.129. The van der Waals surface area contributed by atoms with Crippen LogP contribution in [0.15, 0.2) is 42.5 Å². The largest absolute Gasteiger partial charge is 0.496 e. The Balaban J connectivity index is 1.74. The summed E-state index contributed by atoms with van der Waals surface area (Å²) in [6.45, 7) is 7.55. The van der Waals surface area contributed by atoms with Crippen molar-refractivity contribution in [3.63, 3.8) is 0 Å². The van der Waals surface area contributed by atoms with Crippen LogP contribution in [0.5, 0.6) is 11.5 Å². The number of benzene rings is 2. The Morgan fingerprint density at radius 1 is 1.15 bits per heavy atom. The van der Waals surface area contributed by atoms with Crippen molar-refractivity contribution in [2.24, 2.45) is 5.92 Å². The first-order chi connectivity index (χ1) is 15.8. The third-order valence-corrected chi connectivity index (χ3v) is 5.82. The number of halogens is 1. The van der Waals surface area contributed by atoms with E-state index >= 15 is 0 Å². The van der Waals surface area contributed by atoms with Crippen LogP contribution in [-0.2, 0) is 13.1 Å². The van der Waals surface area contributed by atoms with Gasteiger partial charge in [-0.3, -0.25) is 0 Å². The minimum Gasteiger partial charge on any atom is -0.496 e. The van der Waals surface area contributed by atoms with Gasteiger partial charge in [-0.1, -0.05) is 32.0 Å². The Hall–Kier alpha value is -2.80. The molecule has 6 nitrogen and oxygen atoms in total. The highest BCUT2D eigenvalue weighted by molar-refractivity contribution is 5.74. The molecule has 0 bridgehead atoms. The number of piperidine rings is 1. The molecule has 1 fully saturated rings. The van der Waals surface area contributed by atoms with E-state index in [1.54, 1.807) is 11.0 Å². The van der Waals surface area contributed by atoms with Crippen molar-refractivity contribution < 1.29 is 18.7 Å². The van der Waals surface area contributed by atoms with E-state index in [4.69, 9.17) is 9.47 Å². The molecule has 1 aliphatic rings. The lowest BCUT2D eigenvalue weighted by atomic mass is 10.1. The maximum Gasteiger partial charge on any atom is 0.318 e. The molecule has 0 atom stereocenters. The fourth-order valence-electron chi connectivity index (χ4n) is 3.85. The van der Waals surface area contributed by atoms with Gasteiger partial charge in [-0.05, 0) is 62.7 Å². The summed E-state index contributed by atoms with van der Waals surface area (Å²) in [5.41, 5.74) is 1.75. The average molecular weight is 458 g/mol. The van der Waals surface area contributed by atoms with Gasteiger partial charge in [-0.15, -0.1) is 0 Å². The Kier molecular flexibility index (Phi) is 8.95. The Labute approximate surface area is 196 Å². The average Bonchev–Trinajstić information content (AvgIpc) is 2.80. The summed E-state index contributed by atoms with van der Waals surface area (Å²) in [7, 11) is 3.61. The second-order valence-corrected chi connectivity index (χ2v) is 9.19. The van der Waals surface area contributed by atoms with Crippen LogP contribution in [0, 0.1) is 11.7 Å². The van der Waals surface area contributed by atoms with Crippen molar-refractivity contribution in [3.05, 3.63) is 59.4 Å². The van der Waals surface area contributed by atoms with Crippen LogP contribution in [0.2, 0.25) is 0 Å². The van der Waals surface area contributed by atoms with Gasteiger partial charge >= 0.3 is 6.03 Å². The highest BCUT2D eigenvalue weighted by Gasteiger charge is 2.23. The fraction of sp³-hybridized carbons (Fsp3) is 0.500. The molecule has 3 rings (SSSR count). The first-order valence-corrected chi connectivity index (χ1v) is 11.6. The van der Waals surface area contributed by atoms with Crippen molar-refractivity contribution in [2.45, 2.75) is 45.8 Å². The number of hydrogen-bond donors (Lipinski definition) is 1. The predicted molar refractivity (Wildman–Crippen MR) is 128 cm³/mol. The van der Waals surface area contributed by atoms with Crippen molar-refractivity contribution in [1.82, 2.24) is 15.1 Å². The summed E-state index contributed by atoms with van der Waals surface area (Å²) in [5, 5.41) is 3.19. The maximum atomic E-state index is 13.7. The van der Waals surface area contributed by atoms with Gasteiger partial charge in [0.15, 0.2) is 0 Å². The molecule has 2 amide bonds. The van der Waals surface area contributed by atoms with E-state index in [0.29, 0.717) is 31.4 Å². The number of carbonyl (C=O) groups is 1. The number of nitrogens with one attached hydrogen (secondary N) is 1. The van der Waals surface area contributed by atoms with E-state index in [1.165, 1.54) is 19.2 Å². The molecule has 33 heavy (non-hydrogen) atoms. The number of rotatable bonds is 9. The van der Waals surface area contributed by atoms with Crippen LogP contribution < -0.4 is 14.8 Å². The van der Waals surface area contributed by atoms with Crippen molar-refractivity contribution in [1.29, 1.82) is 0 Å². The predicted octanol–water partition coefficient (Wildman–Crippen LogP) is 4.68. The third-order valence-electron chi connectivity index (χ3n) is 5.82. The minimum atomic E-state index is -0.366. The van der Waals surface area contributed by atoms with Crippen LogP contribution in [-0.4, -0.2) is 55.7 Å². The van der Waals surface area contributed by atoms with E-state index in [1.807, 2.05) is 24.3 Å². The zero-order chi connectivity index (χ0) is 23.8. The zero-order valence-corrected chi connectivity index (χ0v) is 20.1. The number of amides is 2. The number of urea groups is 1. The topological polar surface area (TPSA) is 54.0 Å². The lowest BCUT2D eigenvalue weighted by Gasteiger charge is -2.32. The molecule has 0 unspecified atom stereocenters. The molecule has 1 heterocycles. The molecular weight excluding hydrogens is 421 g/mol. The van der Waals surface area contributed by atoms with Gasteiger partial charge in [0.1, 0.15) is 17.3 Å². The van der Waals surface area contributed by atoms with E-state index in [9.17, 15) is 9.18 Å². The smallest absolute Gasteiger partial charge is 0.318 e. The molecule has 7 heteroatoms. The molecule has 0 aromatic heterocycles. The van der Waals surface area contributed by atoms with Crippen LogP contribution in [0.4, 0.5) is 9.18 Å². The summed E-state index contributed by atoms with van der Waals surface area (Å²) >= 11 is 0. The number of nitrogens with zero attached hydrogens (tertiary/aromatic N) is 2. The van der Waals surface area contributed by atoms with Gasteiger partial charge in [0.25, 0.3) is 0 Å². The quantitative estimate of drug-likeness (QED) is 0.594. The van der Waals surface area contributed by atoms with E-state index in [2.05, 4.69) is 31.1 Å². The molecule has 0 aliphatic carbocycles. The zero-order valence-electron chi connectivity index (χ0n) is 20.1. The van der Waals surface area contributed by atoms with Crippen LogP contribution in [0.3, 0.4) is 0 Å². The summed E-state index contributed by atoms with van der Waals surface area (Å²) in [5.74, 6) is 1.34. The lowest BCUT2D eigenvalue weighted by molar-refractivity contribution is 0.175. The highest BCUT2D eigenvalue weighted by atomic mass is 19.1. The van der Waals surface area contributed by atoms with Gasteiger partial charge in [0, 0.05) is 24.2 Å². The molecule has 180 valence electrons. The second kappa shape index (κ2) is 11.9. The van der Waals surface area contributed by atoms with E-state index in [0.717, 1.165) is 42.8 Å². The monoisotopic (exact) mass is 457 g/mol. The number of methoxy groups -OCH3 is 1. The number of ether oxygens (including phenoxy) is 2. The molecule has 2 aromatic carbocycles. The SMILES string of the molecule is COc1cc(F)ccc1CN(Cc1ccc(OCC(C)C)cc1)C(=O)NC1CCN(C)CC1. The standard InChI is InChI=1S/C26H36FN3O3/c1-19(2)18-33-24-9-5-20(6-10-24)16-30(17-21-7-8-22(27)15-25(21)32-4)26(31)28-23-11-13-29(3)14-12-23/h5-10,15,19,23H,11-14,16-18H2,1-4H3,(H,28,31). The molecular formula is C26H36FN3O3. The molecule has 1 aliphatic heterocycles. The summed E-state index contributed by atoms with van der Waals surface area (Å²) < 4.78 is 24.8. The molecule has 0 spiro atoms. The first kappa shape index (κ1) is 24.8. The number of hydrogen-bond acceptors (Lipinski definition) is 4. The van der Waals surface area contributed by atoms with Crippen molar-refractivity contribution >= 4 is 6.03 Å². The van der Waals surface area contributed by atoms with Crippen molar-refractivity contribution in [2.75, 3.05) is 33.9 Å². The molecule has 1 saturated heterocycles. The third kappa shape index (κ3) is 7.63. The Bertz CT molecular complexity index is 896. The molecule has 0 saturated carbocycles. The summed E-state index contributed by atoms with van der Waals surface area (Å²) in [6, 6.07) is 12.3. The van der Waals surface area contributed by atoms with E-state index < -0.39 is 0 Å².